The molecule has 3 heterocycles. The summed E-state index contributed by atoms with van der Waals surface area (Å²) in [7, 11) is 0. The predicted octanol–water partition coefficient (Wildman–Crippen LogP) is 1.54. The molecule has 23 heavy (non-hydrogen) atoms. The zero-order valence-corrected chi connectivity index (χ0v) is 14.2. The third-order valence-corrected chi connectivity index (χ3v) is 5.76. The molecule has 1 aliphatic carbocycles. The van der Waals surface area contributed by atoms with E-state index in [1.165, 1.54) is 5.01 Å². The average molecular weight is 336 g/mol. The van der Waals surface area contributed by atoms with E-state index in [-0.39, 0.29) is 11.4 Å². The van der Waals surface area contributed by atoms with Crippen LogP contribution in [0, 0.1) is 5.41 Å². The summed E-state index contributed by atoms with van der Waals surface area (Å²) in [6.07, 6.45) is 5.21. The van der Waals surface area contributed by atoms with Crippen LogP contribution in [-0.4, -0.2) is 66.2 Å². The first-order valence-electron chi connectivity index (χ1n) is 8.46. The van der Waals surface area contributed by atoms with Gasteiger partial charge in [0.1, 0.15) is 5.01 Å². The topological polar surface area (TPSA) is 57.7 Å². The van der Waals surface area contributed by atoms with Crippen LogP contribution in [0.15, 0.2) is 11.6 Å². The maximum absolute atomic E-state index is 12.4. The van der Waals surface area contributed by atoms with Crippen LogP contribution in [0.2, 0.25) is 0 Å². The molecule has 6 nitrogen and oxygen atoms in total. The van der Waals surface area contributed by atoms with Crippen LogP contribution in [0.25, 0.3) is 0 Å². The summed E-state index contributed by atoms with van der Waals surface area (Å²) in [6, 6.07) is 0.503. The highest BCUT2D eigenvalue weighted by Gasteiger charge is 2.42. The van der Waals surface area contributed by atoms with E-state index in [0.29, 0.717) is 19.2 Å². The molecular weight excluding hydrogens is 312 g/mol. The Kier molecular flexibility index (Phi) is 4.26. The number of rotatable bonds is 3. The van der Waals surface area contributed by atoms with Gasteiger partial charge in [-0.3, -0.25) is 4.90 Å². The highest BCUT2D eigenvalue weighted by molar-refractivity contribution is 7.09. The number of carbonyl (C=O) groups excluding carboxylic acids is 1. The highest BCUT2D eigenvalue weighted by atomic mass is 32.1. The predicted molar refractivity (Wildman–Crippen MR) is 88.4 cm³/mol. The van der Waals surface area contributed by atoms with Crippen molar-refractivity contribution in [3.05, 3.63) is 16.6 Å². The minimum atomic E-state index is 0.0780. The van der Waals surface area contributed by atoms with Gasteiger partial charge in [-0.2, -0.15) is 0 Å². The van der Waals surface area contributed by atoms with Gasteiger partial charge in [0.15, 0.2) is 0 Å². The number of carbonyl (C=O) groups is 1. The summed E-state index contributed by atoms with van der Waals surface area (Å²) < 4.78 is 5.86. The van der Waals surface area contributed by atoms with E-state index in [0.717, 1.165) is 52.0 Å². The van der Waals surface area contributed by atoms with Crippen LogP contribution >= 0.6 is 11.3 Å². The second kappa shape index (κ2) is 6.37. The Hall–Kier alpha value is -1.18. The Morgan fingerprint density at radius 3 is 3.13 bits per heavy atom. The highest BCUT2D eigenvalue weighted by Crippen LogP contribution is 2.34. The van der Waals surface area contributed by atoms with Crippen molar-refractivity contribution in [2.75, 3.05) is 39.4 Å². The van der Waals surface area contributed by atoms with E-state index in [4.69, 9.17) is 4.74 Å². The Morgan fingerprint density at radius 1 is 1.43 bits per heavy atom. The van der Waals surface area contributed by atoms with Gasteiger partial charge in [-0.25, -0.2) is 9.78 Å². The van der Waals surface area contributed by atoms with Crippen LogP contribution in [-0.2, 0) is 11.3 Å². The lowest BCUT2D eigenvalue weighted by Crippen LogP contribution is -2.47. The van der Waals surface area contributed by atoms with Crippen LogP contribution < -0.4 is 5.32 Å². The molecule has 3 aliphatic rings. The molecule has 2 saturated heterocycles. The number of hydrogen-bond acceptors (Lipinski definition) is 5. The molecule has 0 aromatic carbocycles. The lowest BCUT2D eigenvalue weighted by atomic mass is 9.87. The average Bonchev–Trinajstić information content (AvgIpc) is 3.11. The molecule has 0 radical (unpaired) electrons. The SMILES string of the molecule is O=C(NC1CC1)N1CCOCC2(CCN(Cc3nccs3)C2)C1. The van der Waals surface area contributed by atoms with Crippen molar-refractivity contribution in [3.63, 3.8) is 0 Å². The van der Waals surface area contributed by atoms with E-state index in [2.05, 4.69) is 15.2 Å². The summed E-state index contributed by atoms with van der Waals surface area (Å²) in [6.45, 7) is 5.86. The van der Waals surface area contributed by atoms with Gasteiger partial charge in [-0.15, -0.1) is 11.3 Å². The standard InChI is InChI=1S/C16H24N4O2S/c21-15(18-13-1-2-13)20-6-7-22-12-16(11-20)3-5-19(10-16)9-14-17-4-8-23-14/h4,8,13H,1-3,5-7,9-12H2,(H,18,21). The third kappa shape index (κ3) is 3.67. The van der Waals surface area contributed by atoms with Gasteiger partial charge in [0.25, 0.3) is 0 Å². The van der Waals surface area contributed by atoms with Crippen molar-refractivity contribution in [2.24, 2.45) is 5.41 Å². The minimum absolute atomic E-state index is 0.0780. The van der Waals surface area contributed by atoms with E-state index in [1.54, 1.807) is 11.3 Å². The molecule has 1 atom stereocenters. The number of likely N-dealkylation sites (tertiary alicyclic amines) is 1. The summed E-state index contributed by atoms with van der Waals surface area (Å²) in [5, 5.41) is 6.31. The molecule has 3 fully saturated rings. The smallest absolute Gasteiger partial charge is 0.317 e. The zero-order chi connectivity index (χ0) is 15.7. The summed E-state index contributed by atoms with van der Waals surface area (Å²) in [5.74, 6) is 0. The normalized spacial score (nSPS) is 29.0. The van der Waals surface area contributed by atoms with Crippen molar-refractivity contribution in [2.45, 2.75) is 31.8 Å². The van der Waals surface area contributed by atoms with Gasteiger partial charge >= 0.3 is 6.03 Å². The molecule has 4 rings (SSSR count). The number of nitrogens with one attached hydrogen (secondary N) is 1. The number of aromatic nitrogens is 1. The van der Waals surface area contributed by atoms with Crippen molar-refractivity contribution in [1.82, 2.24) is 20.1 Å². The van der Waals surface area contributed by atoms with Crippen LogP contribution in [0.4, 0.5) is 4.79 Å². The molecule has 1 aromatic rings. The molecule has 1 spiro atoms. The Labute approximate surface area is 140 Å². The van der Waals surface area contributed by atoms with Gasteiger partial charge < -0.3 is 15.0 Å². The Balaban J connectivity index is 1.39. The first kappa shape index (κ1) is 15.4. The number of hydrogen-bond donors (Lipinski definition) is 1. The van der Waals surface area contributed by atoms with Crippen molar-refractivity contribution in [1.29, 1.82) is 0 Å². The van der Waals surface area contributed by atoms with E-state index >= 15 is 0 Å². The lowest BCUT2D eigenvalue weighted by Gasteiger charge is -2.32. The lowest BCUT2D eigenvalue weighted by molar-refractivity contribution is 0.0714. The van der Waals surface area contributed by atoms with E-state index in [9.17, 15) is 4.79 Å². The quantitative estimate of drug-likeness (QED) is 0.910. The molecule has 1 saturated carbocycles. The largest absolute Gasteiger partial charge is 0.379 e. The van der Waals surface area contributed by atoms with Crippen LogP contribution in [0.1, 0.15) is 24.3 Å². The Bertz CT molecular complexity index is 548. The summed E-state index contributed by atoms with van der Waals surface area (Å²) in [5.41, 5.74) is 0.0780. The second-order valence-corrected chi connectivity index (χ2v) is 8.06. The van der Waals surface area contributed by atoms with Crippen molar-refractivity contribution >= 4 is 17.4 Å². The van der Waals surface area contributed by atoms with E-state index in [1.807, 2.05) is 16.5 Å². The minimum Gasteiger partial charge on any atom is -0.379 e. The fourth-order valence-corrected chi connectivity index (χ4v) is 4.25. The van der Waals surface area contributed by atoms with Crippen LogP contribution in [0.3, 0.4) is 0 Å². The molecule has 1 unspecified atom stereocenters. The monoisotopic (exact) mass is 336 g/mol. The first-order valence-corrected chi connectivity index (χ1v) is 9.34. The number of urea groups is 1. The zero-order valence-electron chi connectivity index (χ0n) is 13.4. The molecule has 7 heteroatoms. The Morgan fingerprint density at radius 2 is 2.35 bits per heavy atom. The number of nitrogens with zero attached hydrogens (tertiary/aromatic N) is 3. The van der Waals surface area contributed by atoms with Crippen molar-refractivity contribution in [3.8, 4) is 0 Å². The van der Waals surface area contributed by atoms with Crippen LogP contribution in [0.5, 0.6) is 0 Å². The van der Waals surface area contributed by atoms with Gasteiger partial charge in [0.05, 0.1) is 19.8 Å². The molecule has 126 valence electrons. The molecule has 1 N–H and O–H groups in total. The number of amides is 2. The maximum Gasteiger partial charge on any atom is 0.317 e. The molecule has 1 aromatic heterocycles. The first-order chi connectivity index (χ1) is 11.2. The molecule has 2 amide bonds. The van der Waals surface area contributed by atoms with Gasteiger partial charge in [0.2, 0.25) is 0 Å². The van der Waals surface area contributed by atoms with Gasteiger partial charge in [-0.05, 0) is 25.8 Å². The van der Waals surface area contributed by atoms with Gasteiger partial charge in [-0.1, -0.05) is 0 Å². The molecule has 0 bridgehead atoms. The fourth-order valence-electron chi connectivity index (χ4n) is 3.59. The molecular formula is C16H24N4O2S. The van der Waals surface area contributed by atoms with Crippen molar-refractivity contribution < 1.29 is 9.53 Å². The second-order valence-electron chi connectivity index (χ2n) is 7.08. The maximum atomic E-state index is 12.4. The molecule has 2 aliphatic heterocycles. The third-order valence-electron chi connectivity index (χ3n) is 4.99. The van der Waals surface area contributed by atoms with Gasteiger partial charge in [0, 0.05) is 42.7 Å². The number of ether oxygens (including phenoxy) is 1. The number of thiazole rings is 1. The van der Waals surface area contributed by atoms with E-state index < -0.39 is 0 Å². The summed E-state index contributed by atoms with van der Waals surface area (Å²) >= 11 is 1.71. The summed E-state index contributed by atoms with van der Waals surface area (Å²) in [4.78, 5) is 21.2. The fraction of sp³-hybridized carbons (Fsp3) is 0.750.